The number of aromatic nitrogens is 3. The molecular formula is C29H31ClN6O3S. The zero-order valence-corrected chi connectivity index (χ0v) is 24.3. The van der Waals surface area contributed by atoms with E-state index < -0.39 is 0 Å². The first-order chi connectivity index (χ1) is 19.2. The molecule has 0 radical (unpaired) electrons. The van der Waals surface area contributed by atoms with Crippen molar-refractivity contribution < 1.29 is 9.53 Å². The zero-order valence-electron chi connectivity index (χ0n) is 22.7. The monoisotopic (exact) mass is 578 g/mol. The summed E-state index contributed by atoms with van der Waals surface area (Å²) < 4.78 is 6.97. The van der Waals surface area contributed by atoms with E-state index in [1.807, 2.05) is 68.5 Å². The fourth-order valence-corrected chi connectivity index (χ4v) is 6.69. The quantitative estimate of drug-likeness (QED) is 0.330. The third-order valence-electron chi connectivity index (χ3n) is 7.50. The normalized spacial score (nSPS) is 18.8. The smallest absolute Gasteiger partial charge is 0.410 e. The highest BCUT2D eigenvalue weighted by atomic mass is 35.5. The van der Waals surface area contributed by atoms with E-state index in [1.165, 1.54) is 0 Å². The lowest BCUT2D eigenvalue weighted by atomic mass is 9.97. The maximum absolute atomic E-state index is 13.8. The van der Waals surface area contributed by atoms with Crippen LogP contribution in [0.25, 0.3) is 21.5 Å². The molecule has 6 rings (SSSR count). The van der Waals surface area contributed by atoms with Crippen molar-refractivity contribution in [2.24, 2.45) is 0 Å². The average Bonchev–Trinajstić information content (AvgIpc) is 3.53. The molecule has 2 aromatic carbocycles. The van der Waals surface area contributed by atoms with E-state index in [-0.39, 0.29) is 23.7 Å². The lowest BCUT2D eigenvalue weighted by Crippen LogP contribution is -2.45. The second kappa shape index (κ2) is 10.8. The van der Waals surface area contributed by atoms with Crippen LogP contribution >= 0.6 is 22.9 Å². The molecule has 4 aromatic rings. The number of fused-ring (bicyclic) bond motifs is 2. The van der Waals surface area contributed by atoms with Gasteiger partial charge in [-0.1, -0.05) is 23.7 Å². The summed E-state index contributed by atoms with van der Waals surface area (Å²) in [5, 5.41) is 5.79. The number of cyclic esters (lactones) is 1. The number of nitrogens with one attached hydrogen (secondary N) is 1. The van der Waals surface area contributed by atoms with Crippen LogP contribution in [0.3, 0.4) is 0 Å². The van der Waals surface area contributed by atoms with Crippen LogP contribution < -0.4 is 10.9 Å². The van der Waals surface area contributed by atoms with Crippen molar-refractivity contribution in [3.63, 3.8) is 0 Å². The Morgan fingerprint density at radius 2 is 2.00 bits per heavy atom. The van der Waals surface area contributed by atoms with Gasteiger partial charge >= 0.3 is 6.09 Å². The standard InChI is InChI=1S/C29H31ClN6O3S/c1-17-32-26-11-23(27-31-13-22(40-27)15-34(2)3)25(33-20-8-9-35-21(10-20)16-39-29(35)38)12-24(26)28(37)36(17)14-18-4-6-19(30)7-5-18/h4-7,11-13,20-21,33H,8-10,14-16H2,1-3H3/t20-,21-/m0/s1. The van der Waals surface area contributed by atoms with Crippen molar-refractivity contribution in [2.45, 2.75) is 44.9 Å². The number of nitrogens with zero attached hydrogens (tertiary/aromatic N) is 5. The predicted octanol–water partition coefficient (Wildman–Crippen LogP) is 4.99. The number of hydrogen-bond donors (Lipinski definition) is 1. The van der Waals surface area contributed by atoms with Gasteiger partial charge in [0.2, 0.25) is 0 Å². The second-order valence-corrected chi connectivity index (χ2v) is 12.3. The highest BCUT2D eigenvalue weighted by Gasteiger charge is 2.38. The predicted molar refractivity (Wildman–Crippen MR) is 158 cm³/mol. The minimum absolute atomic E-state index is 0.0649. The highest BCUT2D eigenvalue weighted by molar-refractivity contribution is 7.15. The van der Waals surface area contributed by atoms with E-state index in [0.29, 0.717) is 41.4 Å². The van der Waals surface area contributed by atoms with Gasteiger partial charge in [0.15, 0.2) is 0 Å². The average molecular weight is 579 g/mol. The Morgan fingerprint density at radius 1 is 1.20 bits per heavy atom. The first-order valence-corrected chi connectivity index (χ1v) is 14.5. The van der Waals surface area contributed by atoms with Crippen molar-refractivity contribution in [1.29, 1.82) is 0 Å². The summed E-state index contributed by atoms with van der Waals surface area (Å²) in [6.07, 6.45) is 3.25. The molecule has 0 bridgehead atoms. The van der Waals surface area contributed by atoms with Crippen LogP contribution in [0.5, 0.6) is 0 Å². The fraction of sp³-hybridized carbons (Fsp3) is 0.379. The molecule has 1 amide bonds. The van der Waals surface area contributed by atoms with E-state index >= 15 is 0 Å². The molecule has 0 unspecified atom stereocenters. The Kier molecular flexibility index (Phi) is 7.24. The highest BCUT2D eigenvalue weighted by Crippen LogP contribution is 2.36. The molecule has 2 aromatic heterocycles. The van der Waals surface area contributed by atoms with Gasteiger partial charge in [-0.05, 0) is 63.7 Å². The molecule has 2 aliphatic heterocycles. The lowest BCUT2D eigenvalue weighted by Gasteiger charge is -2.33. The topological polar surface area (TPSA) is 92.6 Å². The maximum Gasteiger partial charge on any atom is 0.410 e. The van der Waals surface area contributed by atoms with Crippen molar-refractivity contribution in [3.05, 3.63) is 74.2 Å². The number of ether oxygens (including phenoxy) is 1. The van der Waals surface area contributed by atoms with Gasteiger partial charge in [0.05, 0.1) is 23.5 Å². The summed E-state index contributed by atoms with van der Waals surface area (Å²) in [5.41, 5.74) is 3.30. The molecule has 0 spiro atoms. The summed E-state index contributed by atoms with van der Waals surface area (Å²) >= 11 is 7.70. The number of carbonyl (C=O) groups is 1. The summed E-state index contributed by atoms with van der Waals surface area (Å²) in [6.45, 7) is 4.13. The molecule has 0 saturated carbocycles. The van der Waals surface area contributed by atoms with Crippen LogP contribution in [0.2, 0.25) is 5.02 Å². The minimum atomic E-state index is -0.228. The molecule has 40 heavy (non-hydrogen) atoms. The third kappa shape index (κ3) is 5.31. The van der Waals surface area contributed by atoms with Crippen LogP contribution in [0.1, 0.15) is 29.1 Å². The number of hydrogen-bond acceptors (Lipinski definition) is 8. The molecule has 9 nitrogen and oxygen atoms in total. The van der Waals surface area contributed by atoms with Crippen LogP contribution in [0.15, 0.2) is 47.4 Å². The fourth-order valence-electron chi connectivity index (χ4n) is 5.50. The van der Waals surface area contributed by atoms with Crippen molar-refractivity contribution in [3.8, 4) is 10.6 Å². The first kappa shape index (κ1) is 26.7. The zero-order chi connectivity index (χ0) is 28.0. The van der Waals surface area contributed by atoms with Gasteiger partial charge in [-0.25, -0.2) is 14.8 Å². The number of piperidine rings is 1. The summed E-state index contributed by atoms with van der Waals surface area (Å²) in [4.78, 5) is 40.5. The Balaban J connectivity index is 1.40. The minimum Gasteiger partial charge on any atom is -0.447 e. The van der Waals surface area contributed by atoms with Gasteiger partial charge in [0.1, 0.15) is 17.4 Å². The number of thiazole rings is 1. The lowest BCUT2D eigenvalue weighted by molar-refractivity contribution is 0.153. The molecule has 2 atom stereocenters. The SMILES string of the molecule is Cc1nc2cc(-c3ncc(CN(C)C)s3)c(N[C@H]3CCN4C(=O)OC[C@@H]4C3)cc2c(=O)n1Cc1ccc(Cl)cc1. The molecular weight excluding hydrogens is 548 g/mol. The van der Waals surface area contributed by atoms with E-state index in [2.05, 4.69) is 10.2 Å². The summed E-state index contributed by atoms with van der Waals surface area (Å²) in [5.74, 6) is 0.643. The summed E-state index contributed by atoms with van der Waals surface area (Å²) in [6, 6.07) is 11.6. The van der Waals surface area contributed by atoms with E-state index in [0.717, 1.165) is 46.1 Å². The van der Waals surface area contributed by atoms with Gasteiger partial charge in [-0.3, -0.25) is 9.36 Å². The van der Waals surface area contributed by atoms with Crippen molar-refractivity contribution in [1.82, 2.24) is 24.3 Å². The third-order valence-corrected chi connectivity index (χ3v) is 8.77. The molecule has 11 heteroatoms. The van der Waals surface area contributed by atoms with Crippen LogP contribution in [-0.2, 0) is 17.8 Å². The molecule has 2 fully saturated rings. The molecule has 0 aliphatic carbocycles. The number of halogens is 1. The number of benzene rings is 2. The van der Waals surface area contributed by atoms with Crippen molar-refractivity contribution in [2.75, 3.05) is 32.6 Å². The maximum atomic E-state index is 13.8. The van der Waals surface area contributed by atoms with Crippen LogP contribution in [0.4, 0.5) is 10.5 Å². The van der Waals surface area contributed by atoms with Crippen LogP contribution in [0, 0.1) is 6.92 Å². The number of amides is 1. The molecule has 2 aliphatic rings. The number of rotatable bonds is 7. The number of aryl methyl sites for hydroxylation is 1. The molecule has 2 saturated heterocycles. The largest absolute Gasteiger partial charge is 0.447 e. The Morgan fingerprint density at radius 3 is 2.77 bits per heavy atom. The van der Waals surface area contributed by atoms with Crippen LogP contribution in [-0.4, -0.2) is 69.8 Å². The van der Waals surface area contributed by atoms with E-state index in [4.69, 9.17) is 26.3 Å². The Labute approximate surface area is 241 Å². The second-order valence-electron chi connectivity index (χ2n) is 10.8. The molecule has 1 N–H and O–H groups in total. The van der Waals surface area contributed by atoms with Gasteiger partial charge in [0.25, 0.3) is 5.56 Å². The summed E-state index contributed by atoms with van der Waals surface area (Å²) in [7, 11) is 4.07. The van der Waals surface area contributed by atoms with E-state index in [1.54, 1.807) is 15.9 Å². The Hall–Kier alpha value is -3.47. The molecule has 208 valence electrons. The number of anilines is 1. The Bertz CT molecular complexity index is 1630. The van der Waals surface area contributed by atoms with Crippen molar-refractivity contribution >= 4 is 45.6 Å². The van der Waals surface area contributed by atoms with Gasteiger partial charge < -0.3 is 19.9 Å². The van der Waals surface area contributed by atoms with Gasteiger partial charge in [-0.15, -0.1) is 11.3 Å². The van der Waals surface area contributed by atoms with Gasteiger partial charge in [0, 0.05) is 46.5 Å². The van der Waals surface area contributed by atoms with E-state index in [9.17, 15) is 9.59 Å². The number of carbonyl (C=O) groups excluding carboxylic acids is 1. The molecule has 4 heterocycles. The first-order valence-electron chi connectivity index (χ1n) is 13.3. The van der Waals surface area contributed by atoms with Gasteiger partial charge in [-0.2, -0.15) is 0 Å².